The number of alkyl halides is 1. The highest BCUT2D eigenvalue weighted by molar-refractivity contribution is 9.09. The molecule has 43 heavy (non-hydrogen) atoms. The van der Waals surface area contributed by atoms with Crippen molar-refractivity contribution in [3.8, 4) is 5.75 Å². The Bertz CT molecular complexity index is 1170. The lowest BCUT2D eigenvalue weighted by atomic mass is 9.70. The van der Waals surface area contributed by atoms with Gasteiger partial charge in [0.05, 0.1) is 23.2 Å². The molecule has 10 heteroatoms. The summed E-state index contributed by atoms with van der Waals surface area (Å²) in [6.07, 6.45) is 8.15. The second-order valence-corrected chi connectivity index (χ2v) is 14.3. The lowest BCUT2D eigenvalue weighted by Crippen LogP contribution is -2.56. The zero-order valence-corrected chi connectivity index (χ0v) is 27.9. The Morgan fingerprint density at radius 3 is 2.47 bits per heavy atom. The van der Waals surface area contributed by atoms with Crippen LogP contribution in [0.3, 0.4) is 0 Å². The fourth-order valence-corrected chi connectivity index (χ4v) is 10.6. The van der Waals surface area contributed by atoms with Crippen LogP contribution in [0.2, 0.25) is 0 Å². The number of rotatable bonds is 17. The maximum absolute atomic E-state index is 14.5. The number of unbranched alkanes of at least 4 members (excludes halogenated alkanes) is 3. The molecule has 6 atom stereocenters. The monoisotopic (exact) mass is 675 g/mol. The second kappa shape index (κ2) is 15.1. The summed E-state index contributed by atoms with van der Waals surface area (Å²) in [5, 5.41) is 9.34. The Morgan fingerprint density at radius 1 is 1.12 bits per heavy atom. The number of fused-ring (bicyclic) bond motifs is 1. The highest BCUT2D eigenvalue weighted by atomic mass is 79.9. The van der Waals surface area contributed by atoms with E-state index in [0.717, 1.165) is 25.0 Å². The number of benzene rings is 1. The van der Waals surface area contributed by atoms with Crippen LogP contribution in [0, 0.1) is 11.8 Å². The van der Waals surface area contributed by atoms with Gasteiger partial charge in [-0.05, 0) is 56.9 Å². The molecule has 0 radical (unpaired) electrons. The van der Waals surface area contributed by atoms with Crippen LogP contribution in [0.1, 0.15) is 52.4 Å². The van der Waals surface area contributed by atoms with E-state index in [0.29, 0.717) is 57.7 Å². The van der Waals surface area contributed by atoms with E-state index in [2.05, 4.69) is 36.0 Å². The summed E-state index contributed by atoms with van der Waals surface area (Å²) in [6, 6.07) is 6.75. The van der Waals surface area contributed by atoms with Crippen molar-refractivity contribution in [2.75, 3.05) is 44.3 Å². The van der Waals surface area contributed by atoms with Gasteiger partial charge in [0.15, 0.2) is 0 Å². The molecule has 3 saturated heterocycles. The van der Waals surface area contributed by atoms with Crippen molar-refractivity contribution in [1.29, 1.82) is 0 Å². The standard InChI is InChI=1S/C33H46BrN3O5S/c1-5-9-10-19-35(17-6-2)32(41)29-33-22-25(34)28(43-33)26(27(33)31(40)37(29)20-11-12-21-38)30(39)36(18-7-3)23-13-15-24(16-14-23)42-8-4/h6-7,13-16,25-29,38H,2-3,5,8-12,17-22H2,1,4H3/t25?,26-,27-,28-,29?,33?/m0/s1. The van der Waals surface area contributed by atoms with Crippen molar-refractivity contribution >= 4 is 51.1 Å². The van der Waals surface area contributed by atoms with E-state index in [1.54, 1.807) is 33.7 Å². The average molecular weight is 677 g/mol. The Kier molecular flexibility index (Phi) is 11.8. The molecule has 3 unspecified atom stereocenters. The van der Waals surface area contributed by atoms with Gasteiger partial charge in [0.1, 0.15) is 11.8 Å². The molecule has 3 aliphatic heterocycles. The summed E-state index contributed by atoms with van der Waals surface area (Å²) in [7, 11) is 0. The molecule has 3 heterocycles. The van der Waals surface area contributed by atoms with E-state index in [9.17, 15) is 19.5 Å². The number of anilines is 1. The summed E-state index contributed by atoms with van der Waals surface area (Å²) in [5.41, 5.74) is 0.715. The maximum atomic E-state index is 14.5. The number of aliphatic hydroxyl groups is 1. The van der Waals surface area contributed by atoms with Gasteiger partial charge in [-0.25, -0.2) is 0 Å². The third-order valence-corrected chi connectivity index (χ3v) is 12.1. The van der Waals surface area contributed by atoms with Gasteiger partial charge in [-0.3, -0.25) is 14.4 Å². The number of likely N-dealkylation sites (tertiary alicyclic amines) is 1. The molecule has 0 saturated carbocycles. The van der Waals surface area contributed by atoms with E-state index < -0.39 is 22.6 Å². The first kappa shape index (κ1) is 33.6. The molecule has 8 nitrogen and oxygen atoms in total. The first-order valence-electron chi connectivity index (χ1n) is 15.6. The van der Waals surface area contributed by atoms with E-state index in [1.807, 2.05) is 36.1 Å². The predicted molar refractivity (Wildman–Crippen MR) is 177 cm³/mol. The number of ether oxygens (including phenoxy) is 1. The van der Waals surface area contributed by atoms with Crippen LogP contribution in [-0.4, -0.2) is 92.9 Å². The lowest BCUT2D eigenvalue weighted by molar-refractivity contribution is -0.142. The molecule has 1 spiro atoms. The number of hydrogen-bond donors (Lipinski definition) is 1. The van der Waals surface area contributed by atoms with Gasteiger partial charge >= 0.3 is 0 Å². The molecular formula is C33H46BrN3O5S. The molecule has 1 N–H and O–H groups in total. The molecule has 1 aromatic rings. The van der Waals surface area contributed by atoms with Gasteiger partial charge in [0, 0.05) is 48.6 Å². The van der Waals surface area contributed by atoms with Crippen molar-refractivity contribution in [3.05, 3.63) is 49.6 Å². The van der Waals surface area contributed by atoms with Gasteiger partial charge in [-0.2, -0.15) is 0 Å². The van der Waals surface area contributed by atoms with Gasteiger partial charge in [-0.1, -0.05) is 47.8 Å². The van der Waals surface area contributed by atoms with Gasteiger partial charge in [0.2, 0.25) is 17.7 Å². The van der Waals surface area contributed by atoms with Crippen LogP contribution in [0.15, 0.2) is 49.6 Å². The third-order valence-electron chi connectivity index (χ3n) is 8.85. The van der Waals surface area contributed by atoms with Crippen LogP contribution in [-0.2, 0) is 14.4 Å². The second-order valence-electron chi connectivity index (χ2n) is 11.6. The largest absolute Gasteiger partial charge is 0.494 e. The number of carbonyl (C=O) groups excluding carboxylic acids is 3. The SMILES string of the molecule is C=CCN(CCCCC)C(=O)C1N(CCCCO)C(=O)[C@@H]2[C@H](C(=O)N(CC=C)c3ccc(OCC)cc3)[C@H]3SC12CC3Br. The minimum absolute atomic E-state index is 0.0120. The molecular weight excluding hydrogens is 630 g/mol. The number of carbonyl (C=O) groups is 3. The number of halogens is 1. The topological polar surface area (TPSA) is 90.4 Å². The van der Waals surface area contributed by atoms with Crippen molar-refractivity contribution < 1.29 is 24.2 Å². The Morgan fingerprint density at radius 2 is 1.84 bits per heavy atom. The number of hydrogen-bond acceptors (Lipinski definition) is 6. The van der Waals surface area contributed by atoms with E-state index in [1.165, 1.54) is 0 Å². The molecule has 3 amide bonds. The van der Waals surface area contributed by atoms with Crippen molar-refractivity contribution in [3.63, 3.8) is 0 Å². The smallest absolute Gasteiger partial charge is 0.247 e. The molecule has 0 aliphatic carbocycles. The van der Waals surface area contributed by atoms with Crippen LogP contribution in [0.5, 0.6) is 5.75 Å². The molecule has 2 bridgehead atoms. The van der Waals surface area contributed by atoms with Crippen molar-refractivity contribution in [2.24, 2.45) is 11.8 Å². The highest BCUT2D eigenvalue weighted by Gasteiger charge is 2.76. The fraction of sp³-hybridized carbons (Fsp3) is 0.606. The van der Waals surface area contributed by atoms with Crippen LogP contribution < -0.4 is 9.64 Å². The Labute approximate surface area is 269 Å². The summed E-state index contributed by atoms with van der Waals surface area (Å²) >= 11 is 5.53. The van der Waals surface area contributed by atoms with E-state index in [4.69, 9.17) is 4.74 Å². The van der Waals surface area contributed by atoms with Crippen molar-refractivity contribution in [1.82, 2.24) is 9.80 Å². The zero-order chi connectivity index (χ0) is 31.1. The minimum Gasteiger partial charge on any atom is -0.494 e. The zero-order valence-electron chi connectivity index (χ0n) is 25.5. The van der Waals surface area contributed by atoms with Gasteiger partial charge in [0.25, 0.3) is 0 Å². The summed E-state index contributed by atoms with van der Waals surface area (Å²) in [5.74, 6) is -0.787. The minimum atomic E-state index is -0.713. The number of aliphatic hydroxyl groups excluding tert-OH is 1. The first-order valence-corrected chi connectivity index (χ1v) is 17.4. The summed E-state index contributed by atoms with van der Waals surface area (Å²) in [6.45, 7) is 14.1. The van der Waals surface area contributed by atoms with Crippen LogP contribution >= 0.6 is 27.7 Å². The first-order chi connectivity index (χ1) is 20.8. The molecule has 4 rings (SSSR count). The van der Waals surface area contributed by atoms with Crippen molar-refractivity contribution in [2.45, 2.75) is 73.2 Å². The van der Waals surface area contributed by atoms with Crippen LogP contribution in [0.4, 0.5) is 5.69 Å². The average Bonchev–Trinajstić information content (AvgIpc) is 3.59. The van der Waals surface area contributed by atoms with E-state index in [-0.39, 0.29) is 34.4 Å². The lowest BCUT2D eigenvalue weighted by Gasteiger charge is -2.38. The molecule has 236 valence electrons. The highest BCUT2D eigenvalue weighted by Crippen LogP contribution is 2.68. The summed E-state index contributed by atoms with van der Waals surface area (Å²) < 4.78 is 4.88. The van der Waals surface area contributed by atoms with Gasteiger partial charge in [-0.15, -0.1) is 24.9 Å². The molecule has 0 aromatic heterocycles. The molecule has 3 aliphatic rings. The Hall–Kier alpha value is -2.30. The Balaban J connectivity index is 1.72. The predicted octanol–water partition coefficient (Wildman–Crippen LogP) is 5.05. The quantitative estimate of drug-likeness (QED) is 0.141. The maximum Gasteiger partial charge on any atom is 0.247 e. The normalized spacial score (nSPS) is 27.2. The summed E-state index contributed by atoms with van der Waals surface area (Å²) in [4.78, 5) is 48.7. The molecule has 1 aromatic carbocycles. The third kappa shape index (κ3) is 6.57. The number of amides is 3. The molecule has 3 fully saturated rings. The van der Waals surface area contributed by atoms with E-state index >= 15 is 0 Å². The van der Waals surface area contributed by atoms with Crippen LogP contribution in [0.25, 0.3) is 0 Å². The number of nitrogens with zero attached hydrogens (tertiary/aromatic N) is 3. The van der Waals surface area contributed by atoms with Gasteiger partial charge < -0.3 is 24.5 Å². The number of thioether (sulfide) groups is 1. The fourth-order valence-electron chi connectivity index (χ4n) is 7.02.